The van der Waals surface area contributed by atoms with E-state index >= 15 is 0 Å². The zero-order chi connectivity index (χ0) is 41.7. The molecule has 1 saturated heterocycles. The number of aromatic hydroxyl groups is 1. The van der Waals surface area contributed by atoms with Crippen LogP contribution in [0, 0.1) is 0 Å². The van der Waals surface area contributed by atoms with E-state index in [2.05, 4.69) is 0 Å². The van der Waals surface area contributed by atoms with Gasteiger partial charge in [-0.2, -0.15) is 0 Å². The standard InChI is InChI=1S/C44H42O14/c1-22-40(51)44(54,55)41(52)42(56-22)58-33-19-29-36(37(48)28(33)17-25-11-8-12-31(30(25)21-46)43(53)15-6-7-16-43)39(50)34-26(20-45)18-32(57-23(2)47)27(35(34)38(29)49)14-13-24-9-4-3-5-10-24/h3-5,8-14,18-19,21-22,40-42,45,48,51-55H,6-7,15-17,20H2,1-2H3. The Labute approximate surface area is 332 Å². The van der Waals surface area contributed by atoms with E-state index in [9.17, 15) is 54.9 Å². The summed E-state index contributed by atoms with van der Waals surface area (Å²) in [6.07, 6.45) is -1.91. The number of esters is 1. The van der Waals surface area contributed by atoms with Gasteiger partial charge in [0.15, 0.2) is 24.0 Å². The van der Waals surface area contributed by atoms with Gasteiger partial charge in [-0.05, 0) is 60.2 Å². The second kappa shape index (κ2) is 15.6. The third kappa shape index (κ3) is 7.02. The number of rotatable bonds is 10. The molecule has 7 N–H and O–H groups in total. The number of hydrogen-bond donors (Lipinski definition) is 7. The molecule has 0 bridgehead atoms. The van der Waals surface area contributed by atoms with Gasteiger partial charge in [0, 0.05) is 46.7 Å². The Hall–Kier alpha value is -5.58. The molecule has 2 fully saturated rings. The SMILES string of the molecule is CC(=O)Oc1cc(CO)c2c(c1C=Cc1ccccc1)C(=O)c1cc(OC3OC(C)C(O)C(O)(O)C3O)c(Cc3cccc(C4(O)CCCC4)c3C=O)c(O)c1C2=O. The quantitative estimate of drug-likeness (QED) is 0.0353. The lowest BCUT2D eigenvalue weighted by Gasteiger charge is -2.44. The van der Waals surface area contributed by atoms with Gasteiger partial charge in [-0.1, -0.05) is 67.4 Å². The molecule has 14 heteroatoms. The predicted octanol–water partition coefficient (Wildman–Crippen LogP) is 3.45. The Morgan fingerprint density at radius 2 is 1.57 bits per heavy atom. The number of ketones is 2. The van der Waals surface area contributed by atoms with E-state index in [0.29, 0.717) is 30.3 Å². The van der Waals surface area contributed by atoms with E-state index < -0.39 is 77.0 Å². The van der Waals surface area contributed by atoms with Crippen molar-refractivity contribution in [2.45, 2.75) is 88.5 Å². The Bertz CT molecular complexity index is 2340. The summed E-state index contributed by atoms with van der Waals surface area (Å²) in [7, 11) is 0. The fourth-order valence-corrected chi connectivity index (χ4v) is 8.16. The molecule has 58 heavy (non-hydrogen) atoms. The first-order valence-corrected chi connectivity index (χ1v) is 18.7. The van der Waals surface area contributed by atoms with Crippen LogP contribution in [0.5, 0.6) is 17.2 Å². The van der Waals surface area contributed by atoms with Crippen molar-refractivity contribution in [2.75, 3.05) is 0 Å². The second-order valence-electron chi connectivity index (χ2n) is 14.9. The van der Waals surface area contributed by atoms with Gasteiger partial charge in [0.1, 0.15) is 23.4 Å². The van der Waals surface area contributed by atoms with Crippen molar-refractivity contribution in [3.63, 3.8) is 0 Å². The molecule has 14 nitrogen and oxygen atoms in total. The third-order valence-electron chi connectivity index (χ3n) is 11.1. The van der Waals surface area contributed by atoms with Crippen molar-refractivity contribution in [1.29, 1.82) is 0 Å². The number of fused-ring (bicyclic) bond motifs is 2. The van der Waals surface area contributed by atoms with Gasteiger partial charge in [-0.25, -0.2) is 0 Å². The van der Waals surface area contributed by atoms with Crippen LogP contribution in [-0.4, -0.2) is 90.0 Å². The number of ether oxygens (including phenoxy) is 3. The minimum absolute atomic E-state index is 0.0118. The number of aliphatic hydroxyl groups excluding tert-OH is 3. The molecule has 1 aliphatic heterocycles. The summed E-state index contributed by atoms with van der Waals surface area (Å²) in [5, 5.41) is 76.7. The fourth-order valence-electron chi connectivity index (χ4n) is 8.16. The van der Waals surface area contributed by atoms with Crippen LogP contribution in [-0.2, 0) is 28.2 Å². The molecule has 0 spiro atoms. The number of phenols is 1. The molecule has 4 unspecified atom stereocenters. The highest BCUT2D eigenvalue weighted by atomic mass is 16.7. The molecule has 0 aromatic heterocycles. The van der Waals surface area contributed by atoms with Gasteiger partial charge < -0.3 is 50.0 Å². The molecule has 4 aromatic carbocycles. The van der Waals surface area contributed by atoms with E-state index in [1.54, 1.807) is 54.6 Å². The number of aliphatic hydroxyl groups is 6. The number of hydrogen-bond acceptors (Lipinski definition) is 14. The van der Waals surface area contributed by atoms with E-state index in [1.807, 2.05) is 0 Å². The normalized spacial score (nSPS) is 22.1. The Balaban J connectivity index is 1.44. The van der Waals surface area contributed by atoms with Crippen molar-refractivity contribution in [3.05, 3.63) is 122 Å². The maximum atomic E-state index is 14.8. The molecular weight excluding hydrogens is 752 g/mol. The van der Waals surface area contributed by atoms with Crippen LogP contribution in [0.4, 0.5) is 0 Å². The molecule has 2 aliphatic carbocycles. The first kappa shape index (κ1) is 40.6. The molecule has 4 aromatic rings. The maximum absolute atomic E-state index is 14.8. The van der Waals surface area contributed by atoms with Crippen molar-refractivity contribution < 1.29 is 69.1 Å². The van der Waals surface area contributed by atoms with E-state index in [0.717, 1.165) is 25.8 Å². The zero-order valence-corrected chi connectivity index (χ0v) is 31.5. The molecule has 302 valence electrons. The largest absolute Gasteiger partial charge is 0.507 e. The van der Waals surface area contributed by atoms with Gasteiger partial charge in [0.25, 0.3) is 0 Å². The van der Waals surface area contributed by atoms with Gasteiger partial charge in [-0.15, -0.1) is 0 Å². The zero-order valence-electron chi connectivity index (χ0n) is 31.5. The van der Waals surface area contributed by atoms with Crippen molar-refractivity contribution in [3.8, 4) is 17.2 Å². The smallest absolute Gasteiger partial charge is 0.308 e. The summed E-state index contributed by atoms with van der Waals surface area (Å²) < 4.78 is 17.1. The third-order valence-corrected chi connectivity index (χ3v) is 11.1. The van der Waals surface area contributed by atoms with Crippen molar-refractivity contribution >= 4 is 36.0 Å². The second-order valence-corrected chi connectivity index (χ2v) is 14.9. The van der Waals surface area contributed by atoms with Crippen LogP contribution in [0.3, 0.4) is 0 Å². The van der Waals surface area contributed by atoms with Gasteiger partial charge in [0.05, 0.1) is 23.9 Å². The highest BCUT2D eigenvalue weighted by molar-refractivity contribution is 6.31. The maximum Gasteiger partial charge on any atom is 0.308 e. The van der Waals surface area contributed by atoms with Gasteiger partial charge >= 0.3 is 5.97 Å². The summed E-state index contributed by atoms with van der Waals surface area (Å²) in [4.78, 5) is 54.5. The lowest BCUT2D eigenvalue weighted by molar-refractivity contribution is -0.371. The topological polar surface area (TPSA) is 238 Å². The Morgan fingerprint density at radius 3 is 2.22 bits per heavy atom. The van der Waals surface area contributed by atoms with E-state index in [4.69, 9.17) is 14.2 Å². The average molecular weight is 795 g/mol. The first-order valence-electron chi connectivity index (χ1n) is 18.7. The van der Waals surface area contributed by atoms with Crippen LogP contribution in [0.2, 0.25) is 0 Å². The summed E-state index contributed by atoms with van der Waals surface area (Å²) in [5.74, 6) is -6.92. The van der Waals surface area contributed by atoms with Crippen molar-refractivity contribution in [1.82, 2.24) is 0 Å². The minimum Gasteiger partial charge on any atom is -0.507 e. The molecular formula is C44H42O14. The molecule has 1 heterocycles. The predicted molar refractivity (Wildman–Crippen MR) is 205 cm³/mol. The lowest BCUT2D eigenvalue weighted by atomic mass is 9.77. The molecule has 4 atom stereocenters. The van der Waals surface area contributed by atoms with Crippen LogP contribution in [0.1, 0.15) is 115 Å². The van der Waals surface area contributed by atoms with Crippen molar-refractivity contribution in [2.24, 2.45) is 0 Å². The molecule has 0 amide bonds. The number of carbonyl (C=O) groups is 4. The Morgan fingerprint density at radius 1 is 0.862 bits per heavy atom. The first-order chi connectivity index (χ1) is 27.6. The highest BCUT2D eigenvalue weighted by Crippen LogP contribution is 2.47. The summed E-state index contributed by atoms with van der Waals surface area (Å²) in [6.45, 7) is 1.66. The van der Waals surface area contributed by atoms with Crippen LogP contribution >= 0.6 is 0 Å². The lowest BCUT2D eigenvalue weighted by Crippen LogP contribution is -2.67. The van der Waals surface area contributed by atoms with Gasteiger partial charge in [-0.3, -0.25) is 19.2 Å². The molecule has 3 aliphatic rings. The van der Waals surface area contributed by atoms with Gasteiger partial charge in [0.2, 0.25) is 12.1 Å². The minimum atomic E-state index is -3.13. The number of phenolic OH excluding ortho intramolecular Hbond substituents is 1. The molecule has 1 saturated carbocycles. The van der Waals surface area contributed by atoms with E-state index in [1.165, 1.54) is 19.1 Å². The number of carbonyl (C=O) groups excluding carboxylic acids is 4. The van der Waals surface area contributed by atoms with Crippen LogP contribution in [0.15, 0.2) is 60.7 Å². The summed E-state index contributed by atoms with van der Waals surface area (Å²) in [5.41, 5.74) is -1.52. The monoisotopic (exact) mass is 794 g/mol. The average Bonchev–Trinajstić information content (AvgIpc) is 3.65. The summed E-state index contributed by atoms with van der Waals surface area (Å²) >= 11 is 0. The number of benzene rings is 4. The number of aldehydes is 1. The molecule has 7 rings (SSSR count). The molecule has 0 radical (unpaired) electrons. The Kier molecular flexibility index (Phi) is 11.0. The van der Waals surface area contributed by atoms with Crippen LogP contribution < -0.4 is 9.47 Å². The fraction of sp³-hybridized carbons (Fsp3) is 0.318. The highest BCUT2D eigenvalue weighted by Gasteiger charge is 2.54. The summed E-state index contributed by atoms with van der Waals surface area (Å²) in [6, 6.07) is 16.1. The van der Waals surface area contributed by atoms with E-state index in [-0.39, 0.29) is 56.9 Å². The van der Waals surface area contributed by atoms with Crippen LogP contribution in [0.25, 0.3) is 12.2 Å².